The number of halogens is 5. The summed E-state index contributed by atoms with van der Waals surface area (Å²) < 4.78 is 69.1. The zero-order valence-electron chi connectivity index (χ0n) is 13.5. The van der Waals surface area contributed by atoms with Crippen LogP contribution in [0.1, 0.15) is 11.3 Å². The van der Waals surface area contributed by atoms with Crippen LogP contribution in [0.5, 0.6) is 0 Å². The fourth-order valence-corrected chi connectivity index (χ4v) is 2.32. The van der Waals surface area contributed by atoms with E-state index in [1.807, 2.05) is 0 Å². The number of amides is 1. The number of aromatic nitrogens is 1. The van der Waals surface area contributed by atoms with Crippen molar-refractivity contribution in [2.75, 3.05) is 5.32 Å². The monoisotopic (exact) mass is 382 g/mol. The SMILES string of the molecule is O=C(Cc1cc(-c2ccc(F)cc2F)on1)Nc1ccc(C(F)(F)F)cc1. The van der Waals surface area contributed by atoms with Crippen molar-refractivity contribution in [3.05, 3.63) is 71.4 Å². The highest BCUT2D eigenvalue weighted by molar-refractivity contribution is 5.92. The minimum absolute atomic E-state index is 0.0155. The van der Waals surface area contributed by atoms with Gasteiger partial charge in [0.25, 0.3) is 0 Å². The third-order valence-electron chi connectivity index (χ3n) is 3.59. The molecule has 1 amide bonds. The van der Waals surface area contributed by atoms with Crippen LogP contribution in [-0.4, -0.2) is 11.1 Å². The quantitative estimate of drug-likeness (QED) is 0.659. The number of rotatable bonds is 4. The van der Waals surface area contributed by atoms with Crippen molar-refractivity contribution >= 4 is 11.6 Å². The molecule has 0 aliphatic carbocycles. The molecule has 0 unspecified atom stereocenters. The summed E-state index contributed by atoms with van der Waals surface area (Å²) in [5.74, 6) is -2.11. The van der Waals surface area contributed by atoms with Crippen LogP contribution in [-0.2, 0) is 17.4 Å². The number of alkyl halides is 3. The fraction of sp³-hybridized carbons (Fsp3) is 0.111. The summed E-state index contributed by atoms with van der Waals surface area (Å²) in [6.07, 6.45) is -4.71. The molecule has 140 valence electrons. The van der Waals surface area contributed by atoms with E-state index in [2.05, 4.69) is 10.5 Å². The second kappa shape index (κ2) is 7.18. The molecule has 0 atom stereocenters. The Morgan fingerprint density at radius 2 is 1.74 bits per heavy atom. The molecular weight excluding hydrogens is 371 g/mol. The zero-order chi connectivity index (χ0) is 19.6. The molecule has 27 heavy (non-hydrogen) atoms. The summed E-state index contributed by atoms with van der Waals surface area (Å²) in [4.78, 5) is 12.0. The van der Waals surface area contributed by atoms with E-state index in [4.69, 9.17) is 4.52 Å². The summed E-state index contributed by atoms with van der Waals surface area (Å²) >= 11 is 0. The van der Waals surface area contributed by atoms with Crippen molar-refractivity contribution in [3.8, 4) is 11.3 Å². The van der Waals surface area contributed by atoms with Crippen LogP contribution in [0.2, 0.25) is 0 Å². The number of nitrogens with zero attached hydrogens (tertiary/aromatic N) is 1. The fourth-order valence-electron chi connectivity index (χ4n) is 2.32. The minimum Gasteiger partial charge on any atom is -0.356 e. The van der Waals surface area contributed by atoms with Crippen LogP contribution in [0.25, 0.3) is 11.3 Å². The molecule has 4 nitrogen and oxygen atoms in total. The predicted molar refractivity (Wildman–Crippen MR) is 85.6 cm³/mol. The van der Waals surface area contributed by atoms with Crippen molar-refractivity contribution in [3.63, 3.8) is 0 Å². The van der Waals surface area contributed by atoms with Gasteiger partial charge in [0.15, 0.2) is 5.76 Å². The van der Waals surface area contributed by atoms with Crippen molar-refractivity contribution in [1.82, 2.24) is 5.16 Å². The van der Waals surface area contributed by atoms with E-state index in [1.54, 1.807) is 0 Å². The van der Waals surface area contributed by atoms with Gasteiger partial charge in [-0.1, -0.05) is 5.16 Å². The molecule has 1 aromatic heterocycles. The zero-order valence-corrected chi connectivity index (χ0v) is 13.5. The maximum atomic E-state index is 13.7. The maximum Gasteiger partial charge on any atom is 0.416 e. The van der Waals surface area contributed by atoms with Crippen LogP contribution in [0.3, 0.4) is 0 Å². The summed E-state index contributed by atoms with van der Waals surface area (Å²) in [6.45, 7) is 0. The number of benzene rings is 2. The van der Waals surface area contributed by atoms with Gasteiger partial charge in [-0.15, -0.1) is 0 Å². The minimum atomic E-state index is -4.46. The molecule has 3 aromatic rings. The van der Waals surface area contributed by atoms with Crippen molar-refractivity contribution in [1.29, 1.82) is 0 Å². The van der Waals surface area contributed by atoms with Gasteiger partial charge in [-0.05, 0) is 36.4 Å². The smallest absolute Gasteiger partial charge is 0.356 e. The molecule has 0 aliphatic heterocycles. The second-order valence-electron chi connectivity index (χ2n) is 5.61. The topological polar surface area (TPSA) is 55.1 Å². The third-order valence-corrected chi connectivity index (χ3v) is 3.59. The Hall–Kier alpha value is -3.23. The Balaban J connectivity index is 1.66. The lowest BCUT2D eigenvalue weighted by Gasteiger charge is -2.08. The lowest BCUT2D eigenvalue weighted by atomic mass is 10.1. The maximum absolute atomic E-state index is 13.7. The van der Waals surface area contributed by atoms with E-state index in [9.17, 15) is 26.7 Å². The first-order valence-electron chi connectivity index (χ1n) is 7.60. The highest BCUT2D eigenvalue weighted by Crippen LogP contribution is 2.30. The average molecular weight is 382 g/mol. The molecule has 0 bridgehead atoms. The van der Waals surface area contributed by atoms with Crippen LogP contribution < -0.4 is 5.32 Å². The largest absolute Gasteiger partial charge is 0.416 e. The normalized spacial score (nSPS) is 11.4. The number of hydrogen-bond donors (Lipinski definition) is 1. The number of hydrogen-bond acceptors (Lipinski definition) is 3. The van der Waals surface area contributed by atoms with Gasteiger partial charge in [0.05, 0.1) is 23.2 Å². The van der Waals surface area contributed by atoms with E-state index in [1.165, 1.54) is 12.1 Å². The lowest BCUT2D eigenvalue weighted by Crippen LogP contribution is -2.14. The van der Waals surface area contributed by atoms with Gasteiger partial charge in [-0.3, -0.25) is 4.79 Å². The van der Waals surface area contributed by atoms with Gasteiger partial charge < -0.3 is 9.84 Å². The van der Waals surface area contributed by atoms with Crippen LogP contribution >= 0.6 is 0 Å². The van der Waals surface area contributed by atoms with Crippen LogP contribution in [0.15, 0.2) is 53.1 Å². The van der Waals surface area contributed by atoms with Gasteiger partial charge in [0.1, 0.15) is 11.6 Å². The molecule has 1 N–H and O–H groups in total. The van der Waals surface area contributed by atoms with E-state index in [0.717, 1.165) is 30.3 Å². The molecule has 0 saturated carbocycles. The standard InChI is InChI=1S/C18H11F5N2O2/c19-11-3-6-14(15(20)7-11)16-8-13(25-27-16)9-17(26)24-12-4-1-10(2-5-12)18(21,22)23/h1-8H,9H2,(H,24,26). The first-order valence-corrected chi connectivity index (χ1v) is 7.60. The second-order valence-corrected chi connectivity index (χ2v) is 5.61. The summed E-state index contributed by atoms with van der Waals surface area (Å²) in [5.41, 5.74) is -0.485. The van der Waals surface area contributed by atoms with E-state index >= 15 is 0 Å². The van der Waals surface area contributed by atoms with E-state index in [-0.39, 0.29) is 29.1 Å². The Kier molecular flexibility index (Phi) is 4.93. The van der Waals surface area contributed by atoms with Gasteiger partial charge in [0.2, 0.25) is 5.91 Å². The highest BCUT2D eigenvalue weighted by Gasteiger charge is 2.30. The first-order chi connectivity index (χ1) is 12.7. The number of nitrogens with one attached hydrogen (secondary N) is 1. The van der Waals surface area contributed by atoms with Gasteiger partial charge in [-0.25, -0.2) is 8.78 Å². The molecule has 0 saturated heterocycles. The third kappa shape index (κ3) is 4.49. The van der Waals surface area contributed by atoms with E-state index in [0.29, 0.717) is 6.07 Å². The molecule has 9 heteroatoms. The van der Waals surface area contributed by atoms with Gasteiger partial charge >= 0.3 is 6.18 Å². The molecule has 3 rings (SSSR count). The van der Waals surface area contributed by atoms with Crippen LogP contribution in [0.4, 0.5) is 27.6 Å². The van der Waals surface area contributed by atoms with Crippen LogP contribution in [0, 0.1) is 11.6 Å². The predicted octanol–water partition coefficient (Wildman–Crippen LogP) is 4.82. The number of anilines is 1. The van der Waals surface area contributed by atoms with E-state index < -0.39 is 29.3 Å². The summed E-state index contributed by atoms with van der Waals surface area (Å²) in [7, 11) is 0. The summed E-state index contributed by atoms with van der Waals surface area (Å²) in [6, 6.07) is 8.20. The van der Waals surface area contributed by atoms with Gasteiger partial charge in [-0.2, -0.15) is 13.2 Å². The van der Waals surface area contributed by atoms with Crippen molar-refractivity contribution in [2.45, 2.75) is 12.6 Å². The Morgan fingerprint density at radius 1 is 1.04 bits per heavy atom. The molecule has 2 aromatic carbocycles. The molecular formula is C18H11F5N2O2. The Labute approximate surface area is 149 Å². The number of carbonyl (C=O) groups is 1. The van der Waals surface area contributed by atoms with Crippen molar-refractivity contribution in [2.24, 2.45) is 0 Å². The molecule has 0 spiro atoms. The molecule has 0 aliphatic rings. The average Bonchev–Trinajstić information content (AvgIpc) is 3.02. The van der Waals surface area contributed by atoms with Gasteiger partial charge in [0, 0.05) is 17.8 Å². The molecule has 0 fully saturated rings. The Morgan fingerprint density at radius 3 is 2.37 bits per heavy atom. The molecule has 0 radical (unpaired) electrons. The lowest BCUT2D eigenvalue weighted by molar-refractivity contribution is -0.137. The first kappa shape index (κ1) is 18.6. The highest BCUT2D eigenvalue weighted by atomic mass is 19.4. The van der Waals surface area contributed by atoms with Crippen molar-refractivity contribution < 1.29 is 31.3 Å². The number of carbonyl (C=O) groups excluding carboxylic acids is 1. The Bertz CT molecular complexity index is 965. The summed E-state index contributed by atoms with van der Waals surface area (Å²) in [5, 5.41) is 6.06. The molecule has 1 heterocycles.